The van der Waals surface area contributed by atoms with Crippen LogP contribution in [0.1, 0.15) is 19.8 Å². The first kappa shape index (κ1) is 4.23. The second-order valence-corrected chi connectivity index (χ2v) is 2.53. The standard InChI is InChI=1S/C5H11B/c1-4-2-3-5(4)6/h4-5H,2-3,6H2,1H3/t4-,5?/m1/s1. The summed E-state index contributed by atoms with van der Waals surface area (Å²) < 4.78 is 0. The van der Waals surface area contributed by atoms with E-state index in [0.717, 1.165) is 11.7 Å². The van der Waals surface area contributed by atoms with Gasteiger partial charge in [0.2, 0.25) is 0 Å². The van der Waals surface area contributed by atoms with Crippen LogP contribution in [0.15, 0.2) is 0 Å². The monoisotopic (exact) mass is 82.1 g/mol. The molecule has 1 rings (SSSR count). The zero-order chi connectivity index (χ0) is 4.57. The van der Waals surface area contributed by atoms with E-state index in [9.17, 15) is 0 Å². The first-order valence-electron chi connectivity index (χ1n) is 2.80. The van der Waals surface area contributed by atoms with Gasteiger partial charge in [-0.1, -0.05) is 25.6 Å². The maximum absolute atomic E-state index is 2.33. The summed E-state index contributed by atoms with van der Waals surface area (Å²) in [4.78, 5) is 0. The molecule has 0 aromatic heterocycles. The Morgan fingerprint density at radius 2 is 2.00 bits per heavy atom. The van der Waals surface area contributed by atoms with Crippen LogP contribution in [0.3, 0.4) is 0 Å². The molecular weight excluding hydrogens is 70.9 g/mol. The zero-order valence-electron chi connectivity index (χ0n) is 4.57. The summed E-state index contributed by atoms with van der Waals surface area (Å²) in [5.41, 5.74) is 0. The van der Waals surface area contributed by atoms with E-state index in [-0.39, 0.29) is 0 Å². The molecule has 0 aromatic rings. The summed E-state index contributed by atoms with van der Waals surface area (Å²) >= 11 is 0. The van der Waals surface area contributed by atoms with Crippen molar-refractivity contribution in [2.24, 2.45) is 5.92 Å². The van der Waals surface area contributed by atoms with E-state index < -0.39 is 0 Å². The van der Waals surface area contributed by atoms with Gasteiger partial charge in [-0.05, 0) is 5.92 Å². The van der Waals surface area contributed by atoms with E-state index in [2.05, 4.69) is 14.8 Å². The predicted octanol–water partition coefficient (Wildman–Crippen LogP) is 0.838. The van der Waals surface area contributed by atoms with Crippen LogP contribution in [0.25, 0.3) is 0 Å². The van der Waals surface area contributed by atoms with Crippen molar-refractivity contribution in [1.29, 1.82) is 0 Å². The van der Waals surface area contributed by atoms with Crippen LogP contribution in [-0.2, 0) is 0 Å². The van der Waals surface area contributed by atoms with Gasteiger partial charge in [-0.25, -0.2) is 0 Å². The van der Waals surface area contributed by atoms with Gasteiger partial charge in [0.05, 0.1) is 0 Å². The average molecular weight is 82.0 g/mol. The van der Waals surface area contributed by atoms with Gasteiger partial charge in [0.25, 0.3) is 0 Å². The SMILES string of the molecule is BC1CC[C@H]1C. The molecule has 6 heavy (non-hydrogen) atoms. The average Bonchev–Trinajstić information content (AvgIpc) is 1.61. The van der Waals surface area contributed by atoms with Crippen LogP contribution in [0.4, 0.5) is 0 Å². The molecule has 0 bridgehead atoms. The fourth-order valence-corrected chi connectivity index (χ4v) is 0.833. The Balaban J connectivity index is 2.20. The van der Waals surface area contributed by atoms with E-state index in [1.165, 1.54) is 12.8 Å². The Bertz CT molecular complexity index is 43.9. The molecule has 1 saturated carbocycles. The Morgan fingerprint density at radius 1 is 1.50 bits per heavy atom. The van der Waals surface area contributed by atoms with Gasteiger partial charge in [0.15, 0.2) is 0 Å². The molecule has 0 aromatic carbocycles. The highest BCUT2D eigenvalue weighted by Crippen LogP contribution is 2.35. The molecule has 1 heteroatoms. The van der Waals surface area contributed by atoms with Gasteiger partial charge in [0.1, 0.15) is 7.85 Å². The highest BCUT2D eigenvalue weighted by molar-refractivity contribution is 6.12. The predicted molar refractivity (Wildman–Crippen MR) is 30.7 cm³/mol. The molecule has 0 nitrogen and oxygen atoms in total. The number of hydrogen-bond acceptors (Lipinski definition) is 0. The molecule has 1 unspecified atom stereocenters. The highest BCUT2D eigenvalue weighted by atomic mass is 14.2. The highest BCUT2D eigenvalue weighted by Gasteiger charge is 2.20. The van der Waals surface area contributed by atoms with Crippen molar-refractivity contribution in [3.05, 3.63) is 0 Å². The van der Waals surface area contributed by atoms with Gasteiger partial charge in [-0.3, -0.25) is 0 Å². The van der Waals surface area contributed by atoms with E-state index in [1.807, 2.05) is 0 Å². The van der Waals surface area contributed by atoms with Gasteiger partial charge >= 0.3 is 0 Å². The second-order valence-electron chi connectivity index (χ2n) is 2.53. The Hall–Kier alpha value is 0.0649. The van der Waals surface area contributed by atoms with Crippen molar-refractivity contribution in [2.75, 3.05) is 0 Å². The van der Waals surface area contributed by atoms with Crippen LogP contribution in [0, 0.1) is 5.92 Å². The Morgan fingerprint density at radius 3 is 2.00 bits per heavy atom. The third kappa shape index (κ3) is 0.465. The molecule has 1 fully saturated rings. The minimum absolute atomic E-state index is 1.03. The van der Waals surface area contributed by atoms with Gasteiger partial charge < -0.3 is 0 Å². The van der Waals surface area contributed by atoms with Crippen molar-refractivity contribution in [3.63, 3.8) is 0 Å². The van der Waals surface area contributed by atoms with Gasteiger partial charge in [-0.2, -0.15) is 0 Å². The topological polar surface area (TPSA) is 0 Å². The van der Waals surface area contributed by atoms with E-state index >= 15 is 0 Å². The molecule has 1 aliphatic rings. The molecule has 1 aliphatic carbocycles. The molecule has 0 heterocycles. The van der Waals surface area contributed by atoms with Crippen LogP contribution in [0.5, 0.6) is 0 Å². The first-order valence-corrected chi connectivity index (χ1v) is 2.80. The lowest BCUT2D eigenvalue weighted by molar-refractivity contribution is 0.347. The summed E-state index contributed by atoms with van der Waals surface area (Å²) in [6.07, 6.45) is 2.95. The smallest absolute Gasteiger partial charge is 0.0672 e. The second kappa shape index (κ2) is 1.29. The molecule has 34 valence electrons. The summed E-state index contributed by atoms with van der Waals surface area (Å²) in [5.74, 6) is 2.06. The summed E-state index contributed by atoms with van der Waals surface area (Å²) in [7, 11) is 2.33. The van der Waals surface area contributed by atoms with E-state index in [1.54, 1.807) is 0 Å². The largest absolute Gasteiger partial charge is 0.105 e. The van der Waals surface area contributed by atoms with Crippen molar-refractivity contribution in [2.45, 2.75) is 25.6 Å². The maximum atomic E-state index is 2.33. The van der Waals surface area contributed by atoms with Crippen LogP contribution >= 0.6 is 0 Å². The lowest BCUT2D eigenvalue weighted by Gasteiger charge is -2.29. The van der Waals surface area contributed by atoms with Gasteiger partial charge in [-0.15, -0.1) is 0 Å². The molecule has 0 spiro atoms. The third-order valence-corrected chi connectivity index (χ3v) is 2.05. The van der Waals surface area contributed by atoms with E-state index in [0.29, 0.717) is 0 Å². The van der Waals surface area contributed by atoms with E-state index in [4.69, 9.17) is 0 Å². The van der Waals surface area contributed by atoms with Crippen LogP contribution in [-0.4, -0.2) is 7.85 Å². The minimum Gasteiger partial charge on any atom is -0.0672 e. The lowest BCUT2D eigenvalue weighted by atomic mass is 9.63. The molecule has 0 aliphatic heterocycles. The molecular formula is C5H11B. The summed E-state index contributed by atoms with van der Waals surface area (Å²) in [6, 6.07) is 0. The molecule has 0 N–H and O–H groups in total. The van der Waals surface area contributed by atoms with Crippen molar-refractivity contribution >= 4 is 7.85 Å². The fourth-order valence-electron chi connectivity index (χ4n) is 0.833. The summed E-state index contributed by atoms with van der Waals surface area (Å²) in [5, 5.41) is 0. The number of rotatable bonds is 0. The van der Waals surface area contributed by atoms with Crippen molar-refractivity contribution < 1.29 is 0 Å². The third-order valence-electron chi connectivity index (χ3n) is 2.05. The minimum atomic E-state index is 1.03. The number of hydrogen-bond donors (Lipinski definition) is 0. The maximum Gasteiger partial charge on any atom is 0.105 e. The normalized spacial score (nSPS) is 44.8. The quantitative estimate of drug-likeness (QED) is 0.380. The molecule has 0 saturated heterocycles. The molecule has 2 atom stereocenters. The Kier molecular flexibility index (Phi) is 0.907. The summed E-state index contributed by atoms with van der Waals surface area (Å²) in [6.45, 7) is 2.33. The van der Waals surface area contributed by atoms with Crippen LogP contribution < -0.4 is 0 Å². The fraction of sp³-hybridized carbons (Fsp3) is 1.00. The molecule has 0 amide bonds. The van der Waals surface area contributed by atoms with Crippen molar-refractivity contribution in [1.82, 2.24) is 0 Å². The molecule has 0 radical (unpaired) electrons. The first-order chi connectivity index (χ1) is 2.80. The Labute approximate surface area is 40.3 Å². The van der Waals surface area contributed by atoms with Gasteiger partial charge in [0, 0.05) is 0 Å². The van der Waals surface area contributed by atoms with Crippen molar-refractivity contribution in [3.8, 4) is 0 Å². The van der Waals surface area contributed by atoms with Crippen LogP contribution in [0.2, 0.25) is 5.82 Å². The zero-order valence-corrected chi connectivity index (χ0v) is 4.57. The lowest BCUT2D eigenvalue weighted by Crippen LogP contribution is -2.16.